The molecule has 4 heterocycles. The number of hydrogen-bond acceptors (Lipinski definition) is 9. The first-order valence-electron chi connectivity index (χ1n) is 16.2. The summed E-state index contributed by atoms with van der Waals surface area (Å²) >= 11 is 0. The number of piperidine rings is 1. The zero-order valence-electron chi connectivity index (χ0n) is 26.5. The van der Waals surface area contributed by atoms with Gasteiger partial charge in [0.05, 0.1) is 6.61 Å². The normalized spacial score (nSPS) is 30.8. The summed E-state index contributed by atoms with van der Waals surface area (Å²) in [6, 6.07) is 2.93. The van der Waals surface area contributed by atoms with Gasteiger partial charge in [-0.1, -0.05) is 30.7 Å². The average molecular weight is 623 g/mol. The van der Waals surface area contributed by atoms with Crippen LogP contribution in [0.4, 0.5) is 0 Å². The zero-order valence-corrected chi connectivity index (χ0v) is 26.5. The number of allylic oxidation sites excluding steroid dienone is 2. The second-order valence-electron chi connectivity index (χ2n) is 12.5. The summed E-state index contributed by atoms with van der Waals surface area (Å²) in [5, 5.41) is 0. The molecule has 0 aromatic carbocycles. The molecule has 10 nitrogen and oxygen atoms in total. The first kappa shape index (κ1) is 34.2. The van der Waals surface area contributed by atoms with Gasteiger partial charge in [0, 0.05) is 37.7 Å². The maximum atomic E-state index is 13.7. The molecule has 1 aromatic heterocycles. The number of aryl methyl sites for hydroxylation is 1. The number of carbonyl (C=O) groups excluding carboxylic acids is 5. The van der Waals surface area contributed by atoms with E-state index in [4.69, 9.17) is 14.2 Å². The van der Waals surface area contributed by atoms with Crippen molar-refractivity contribution in [2.24, 2.45) is 11.8 Å². The van der Waals surface area contributed by atoms with Gasteiger partial charge >= 0.3 is 11.9 Å². The SMILES string of the molecule is C=CCC1/C=C(\C)CCOC(=O)C2CC[C@@H](O2)C(=O)C(=O)N2CCCC[C@H]2C(=O)OC(CCc2cccnc2)C(C)CCC1=O. The van der Waals surface area contributed by atoms with Gasteiger partial charge in [-0.25, -0.2) is 9.59 Å². The Labute approximate surface area is 265 Å². The third-order valence-electron chi connectivity index (χ3n) is 9.07. The third-order valence-corrected chi connectivity index (χ3v) is 9.07. The van der Waals surface area contributed by atoms with Crippen LogP contribution in [0.2, 0.25) is 0 Å². The number of aromatic nitrogens is 1. The highest BCUT2D eigenvalue weighted by molar-refractivity contribution is 6.38. The number of hydrogen-bond donors (Lipinski definition) is 0. The van der Waals surface area contributed by atoms with Crippen molar-refractivity contribution in [3.05, 3.63) is 54.4 Å². The molecule has 0 radical (unpaired) electrons. The number of ether oxygens (including phenoxy) is 3. The lowest BCUT2D eigenvalue weighted by Crippen LogP contribution is -2.53. The van der Waals surface area contributed by atoms with Crippen molar-refractivity contribution in [1.82, 2.24) is 9.88 Å². The lowest BCUT2D eigenvalue weighted by atomic mass is 9.88. The standard InChI is InChI=1S/C35H46N2O8/c1-4-8-26-21-23(2)17-20-43-35(42)31-16-15-30(44-31)32(39)33(40)37-19-6-5-10-27(37)34(41)45-29(24(3)11-13-28(26)38)14-12-25-9-7-18-36-22-25/h4,7,9,18,21-22,24,26-27,29-31H,1,5-6,8,10-17,19-20H2,2-3H3/b23-21+/t24?,26?,27-,29?,30+,31?/m0/s1. The number of Topliss-reactive ketones (excluding diaryl/α,β-unsaturated/α-hetero) is 2. The van der Waals surface area contributed by atoms with E-state index in [-0.39, 0.29) is 43.6 Å². The number of rotatable bonds is 5. The Morgan fingerprint density at radius 1 is 1.02 bits per heavy atom. The molecule has 10 heteroatoms. The summed E-state index contributed by atoms with van der Waals surface area (Å²) in [4.78, 5) is 71.9. The quantitative estimate of drug-likeness (QED) is 0.265. The third kappa shape index (κ3) is 9.42. The van der Waals surface area contributed by atoms with Crippen molar-refractivity contribution in [2.75, 3.05) is 13.2 Å². The molecule has 1 aromatic rings. The number of fused-ring (bicyclic) bond motifs is 3. The zero-order chi connectivity index (χ0) is 32.3. The van der Waals surface area contributed by atoms with E-state index in [9.17, 15) is 24.0 Å². The molecule has 4 unspecified atom stereocenters. The number of nitrogens with zero attached hydrogens (tertiary/aromatic N) is 2. The lowest BCUT2D eigenvalue weighted by molar-refractivity contribution is -0.167. The average Bonchev–Trinajstić information content (AvgIpc) is 3.55. The van der Waals surface area contributed by atoms with Gasteiger partial charge in [0.25, 0.3) is 5.91 Å². The highest BCUT2D eigenvalue weighted by atomic mass is 16.6. The van der Waals surface area contributed by atoms with E-state index in [0.717, 1.165) is 11.1 Å². The molecule has 2 bridgehead atoms. The summed E-state index contributed by atoms with van der Waals surface area (Å²) in [5.74, 6) is -3.12. The van der Waals surface area contributed by atoms with E-state index in [1.165, 1.54) is 4.90 Å². The highest BCUT2D eigenvalue weighted by Crippen LogP contribution is 2.28. The molecule has 0 spiro atoms. The van der Waals surface area contributed by atoms with Gasteiger partial charge in [-0.3, -0.25) is 19.4 Å². The largest absolute Gasteiger partial charge is 0.463 e. The number of esters is 2. The summed E-state index contributed by atoms with van der Waals surface area (Å²) in [6.07, 6.45) is 9.71. The molecule has 0 aliphatic carbocycles. The Kier molecular flexibility index (Phi) is 12.6. The van der Waals surface area contributed by atoms with Gasteiger partial charge in [-0.2, -0.15) is 0 Å². The predicted octanol–water partition coefficient (Wildman–Crippen LogP) is 4.49. The van der Waals surface area contributed by atoms with Crippen LogP contribution in [-0.4, -0.2) is 76.8 Å². The molecule has 1 amide bonds. The van der Waals surface area contributed by atoms with Gasteiger partial charge in [-0.15, -0.1) is 6.58 Å². The van der Waals surface area contributed by atoms with E-state index < -0.39 is 48.0 Å². The van der Waals surface area contributed by atoms with E-state index in [1.54, 1.807) is 18.5 Å². The fourth-order valence-electron chi connectivity index (χ4n) is 6.29. The minimum absolute atomic E-state index is 0.0642. The Morgan fingerprint density at radius 2 is 1.82 bits per heavy atom. The van der Waals surface area contributed by atoms with Gasteiger partial charge in [0.15, 0.2) is 6.10 Å². The van der Waals surface area contributed by atoms with E-state index in [2.05, 4.69) is 11.6 Å². The highest BCUT2D eigenvalue weighted by Gasteiger charge is 2.43. The van der Waals surface area contributed by atoms with Crippen LogP contribution >= 0.6 is 0 Å². The van der Waals surface area contributed by atoms with Crippen LogP contribution in [-0.2, 0) is 44.6 Å². The van der Waals surface area contributed by atoms with Crippen LogP contribution in [0.1, 0.15) is 83.6 Å². The van der Waals surface area contributed by atoms with Gasteiger partial charge in [0.1, 0.15) is 24.0 Å². The van der Waals surface area contributed by atoms with Crippen molar-refractivity contribution >= 4 is 29.4 Å². The van der Waals surface area contributed by atoms with Crippen molar-refractivity contribution < 1.29 is 38.2 Å². The van der Waals surface area contributed by atoms with E-state index in [0.29, 0.717) is 57.8 Å². The fraction of sp³-hybridized carbons (Fsp3) is 0.600. The van der Waals surface area contributed by atoms with Crippen molar-refractivity contribution in [3.63, 3.8) is 0 Å². The van der Waals surface area contributed by atoms with Crippen LogP contribution in [0.15, 0.2) is 48.8 Å². The topological polar surface area (TPSA) is 129 Å². The van der Waals surface area contributed by atoms with Gasteiger partial charge in [0.2, 0.25) is 5.78 Å². The van der Waals surface area contributed by atoms with Crippen LogP contribution in [0, 0.1) is 11.8 Å². The molecule has 2 saturated heterocycles. The van der Waals surface area contributed by atoms with E-state index >= 15 is 0 Å². The van der Waals surface area contributed by atoms with Crippen molar-refractivity contribution in [2.45, 2.75) is 109 Å². The Bertz CT molecular complexity index is 1260. The summed E-state index contributed by atoms with van der Waals surface area (Å²) in [7, 11) is 0. The molecule has 244 valence electrons. The summed E-state index contributed by atoms with van der Waals surface area (Å²) in [5.41, 5.74) is 1.91. The molecule has 0 saturated carbocycles. The molecule has 2 fully saturated rings. The molecule has 6 atom stereocenters. The van der Waals surface area contributed by atoms with Crippen LogP contribution in [0.3, 0.4) is 0 Å². The maximum absolute atomic E-state index is 13.7. The Hall–Kier alpha value is -3.66. The van der Waals surface area contributed by atoms with Gasteiger partial charge < -0.3 is 19.1 Å². The maximum Gasteiger partial charge on any atom is 0.335 e. The Morgan fingerprint density at radius 3 is 2.58 bits per heavy atom. The molecule has 0 N–H and O–H groups in total. The minimum atomic E-state index is -1.07. The second-order valence-corrected chi connectivity index (χ2v) is 12.5. The van der Waals surface area contributed by atoms with E-state index in [1.807, 2.05) is 32.1 Å². The fourth-order valence-corrected chi connectivity index (χ4v) is 6.29. The van der Waals surface area contributed by atoms with Crippen LogP contribution in [0.5, 0.6) is 0 Å². The first-order chi connectivity index (χ1) is 21.7. The number of carbonyl (C=O) groups is 5. The molecular formula is C35H46N2O8. The Balaban J connectivity index is 1.58. The monoisotopic (exact) mass is 622 g/mol. The number of ketones is 2. The van der Waals surface area contributed by atoms with Crippen molar-refractivity contribution in [3.8, 4) is 0 Å². The molecular weight excluding hydrogens is 576 g/mol. The summed E-state index contributed by atoms with van der Waals surface area (Å²) in [6.45, 7) is 8.05. The first-order valence-corrected chi connectivity index (χ1v) is 16.2. The molecule has 45 heavy (non-hydrogen) atoms. The molecule has 3 aliphatic heterocycles. The number of cyclic esters (lactones) is 2. The van der Waals surface area contributed by atoms with Gasteiger partial charge in [-0.05, 0) is 82.3 Å². The van der Waals surface area contributed by atoms with Crippen molar-refractivity contribution in [1.29, 1.82) is 0 Å². The smallest absolute Gasteiger partial charge is 0.335 e. The second kappa shape index (κ2) is 16.6. The minimum Gasteiger partial charge on any atom is -0.463 e. The van der Waals surface area contributed by atoms with Crippen LogP contribution < -0.4 is 0 Å². The summed E-state index contributed by atoms with van der Waals surface area (Å²) < 4.78 is 17.3. The lowest BCUT2D eigenvalue weighted by Gasteiger charge is -2.35. The van der Waals surface area contributed by atoms with Crippen LogP contribution in [0.25, 0.3) is 0 Å². The number of amides is 1. The predicted molar refractivity (Wildman–Crippen MR) is 166 cm³/mol. The molecule has 3 aliphatic rings. The number of pyridine rings is 1. The molecule has 4 rings (SSSR count).